The molecule has 2 saturated heterocycles. The van der Waals surface area contributed by atoms with Gasteiger partial charge in [0.15, 0.2) is 6.10 Å². The Balaban J connectivity index is 1.26. The summed E-state index contributed by atoms with van der Waals surface area (Å²) in [5.74, 6) is -0.802. The van der Waals surface area contributed by atoms with Crippen LogP contribution in [-0.4, -0.2) is 35.5 Å². The van der Waals surface area contributed by atoms with Gasteiger partial charge in [0.25, 0.3) is 0 Å². The summed E-state index contributed by atoms with van der Waals surface area (Å²) in [6.45, 7) is 2.25. The molecule has 0 spiro atoms. The molecular weight excluding hydrogens is 304 g/mol. The largest absolute Gasteiger partial charge is 0.479 e. The Morgan fingerprint density at radius 1 is 0.708 bits per heavy atom. The van der Waals surface area contributed by atoms with Crippen LogP contribution >= 0.6 is 0 Å². The molecule has 2 aliphatic rings. The molecule has 0 aliphatic carbocycles. The minimum Gasteiger partial charge on any atom is -0.479 e. The number of carbonyl (C=O) groups is 1. The van der Waals surface area contributed by atoms with Crippen LogP contribution in [0.5, 0.6) is 0 Å². The minimum atomic E-state index is -0.802. The SMILES string of the molecule is CCCCCC1OC1CCCCCCCCCCC1OC1C(=O)O. The summed E-state index contributed by atoms with van der Waals surface area (Å²) in [5, 5.41) is 8.74. The van der Waals surface area contributed by atoms with Gasteiger partial charge >= 0.3 is 5.97 Å². The van der Waals surface area contributed by atoms with E-state index in [-0.39, 0.29) is 6.10 Å². The first-order valence-electron chi connectivity index (χ1n) is 10.3. The number of epoxide rings is 2. The summed E-state index contributed by atoms with van der Waals surface area (Å²) in [6, 6.07) is 0. The average Bonchev–Trinajstić information content (AvgIpc) is 3.45. The number of ether oxygens (including phenoxy) is 2. The Bertz CT molecular complexity index is 358. The average molecular weight is 341 g/mol. The van der Waals surface area contributed by atoms with Crippen LogP contribution in [0.2, 0.25) is 0 Å². The first kappa shape index (κ1) is 19.7. The van der Waals surface area contributed by atoms with Gasteiger partial charge in [0.1, 0.15) is 0 Å². The van der Waals surface area contributed by atoms with Crippen molar-refractivity contribution in [2.24, 2.45) is 0 Å². The molecule has 4 heteroatoms. The van der Waals surface area contributed by atoms with Gasteiger partial charge in [-0.15, -0.1) is 0 Å². The molecule has 4 atom stereocenters. The molecule has 4 nitrogen and oxygen atoms in total. The topological polar surface area (TPSA) is 62.4 Å². The number of aliphatic carboxylic acids is 1. The summed E-state index contributed by atoms with van der Waals surface area (Å²) in [7, 11) is 0. The monoisotopic (exact) mass is 340 g/mol. The van der Waals surface area contributed by atoms with E-state index < -0.39 is 12.1 Å². The van der Waals surface area contributed by atoms with Crippen LogP contribution < -0.4 is 0 Å². The van der Waals surface area contributed by atoms with Crippen LogP contribution in [0.3, 0.4) is 0 Å². The second-order valence-corrected chi connectivity index (χ2v) is 7.55. The van der Waals surface area contributed by atoms with Crippen molar-refractivity contribution >= 4 is 5.97 Å². The van der Waals surface area contributed by atoms with Crippen LogP contribution in [-0.2, 0) is 14.3 Å². The van der Waals surface area contributed by atoms with Crippen molar-refractivity contribution in [2.45, 2.75) is 121 Å². The fourth-order valence-corrected chi connectivity index (χ4v) is 3.61. The van der Waals surface area contributed by atoms with E-state index in [9.17, 15) is 4.79 Å². The summed E-state index contributed by atoms with van der Waals surface area (Å²) < 4.78 is 10.8. The maximum Gasteiger partial charge on any atom is 0.335 e. The van der Waals surface area contributed by atoms with Crippen molar-refractivity contribution in [1.29, 1.82) is 0 Å². The fraction of sp³-hybridized carbons (Fsp3) is 0.950. The van der Waals surface area contributed by atoms with E-state index in [1.807, 2.05) is 0 Å². The van der Waals surface area contributed by atoms with Crippen molar-refractivity contribution in [3.05, 3.63) is 0 Å². The molecule has 1 N–H and O–H groups in total. The van der Waals surface area contributed by atoms with E-state index in [0.717, 1.165) is 12.8 Å². The fourth-order valence-electron chi connectivity index (χ4n) is 3.61. The highest BCUT2D eigenvalue weighted by atomic mass is 16.6. The van der Waals surface area contributed by atoms with Crippen molar-refractivity contribution in [2.75, 3.05) is 0 Å². The third-order valence-corrected chi connectivity index (χ3v) is 5.33. The van der Waals surface area contributed by atoms with E-state index in [1.165, 1.54) is 77.0 Å². The van der Waals surface area contributed by atoms with Gasteiger partial charge in [-0.2, -0.15) is 0 Å². The van der Waals surface area contributed by atoms with E-state index >= 15 is 0 Å². The molecule has 0 saturated carbocycles. The highest BCUT2D eigenvalue weighted by molar-refractivity contribution is 5.75. The molecule has 0 amide bonds. The van der Waals surface area contributed by atoms with Gasteiger partial charge in [-0.25, -0.2) is 4.79 Å². The first-order valence-corrected chi connectivity index (χ1v) is 10.3. The van der Waals surface area contributed by atoms with Crippen LogP contribution in [0.25, 0.3) is 0 Å². The predicted octanol–water partition coefficient (Wildman–Crippen LogP) is 5.09. The maximum atomic E-state index is 10.6. The highest BCUT2D eigenvalue weighted by Crippen LogP contribution is 2.31. The highest BCUT2D eigenvalue weighted by Gasteiger charge is 2.44. The van der Waals surface area contributed by atoms with Crippen molar-refractivity contribution in [3.63, 3.8) is 0 Å². The third-order valence-electron chi connectivity index (χ3n) is 5.33. The van der Waals surface area contributed by atoms with Crippen LogP contribution in [0.1, 0.15) is 96.8 Å². The lowest BCUT2D eigenvalue weighted by Crippen LogP contribution is -2.07. The Kier molecular flexibility index (Phi) is 9.11. The molecule has 2 heterocycles. The normalized spacial score (nSPS) is 28.0. The molecule has 0 aromatic carbocycles. The van der Waals surface area contributed by atoms with Gasteiger partial charge < -0.3 is 14.6 Å². The summed E-state index contributed by atoms with van der Waals surface area (Å²) in [4.78, 5) is 10.6. The van der Waals surface area contributed by atoms with Gasteiger partial charge in [-0.3, -0.25) is 0 Å². The van der Waals surface area contributed by atoms with E-state index in [2.05, 4.69) is 6.92 Å². The maximum absolute atomic E-state index is 10.6. The quantitative estimate of drug-likeness (QED) is 0.314. The van der Waals surface area contributed by atoms with Gasteiger partial charge in [0.2, 0.25) is 0 Å². The molecule has 0 radical (unpaired) electrons. The van der Waals surface area contributed by atoms with Crippen LogP contribution in [0.15, 0.2) is 0 Å². The molecule has 24 heavy (non-hydrogen) atoms. The van der Waals surface area contributed by atoms with E-state index in [0.29, 0.717) is 12.2 Å². The van der Waals surface area contributed by atoms with Crippen LogP contribution in [0, 0.1) is 0 Å². The molecule has 4 unspecified atom stereocenters. The van der Waals surface area contributed by atoms with E-state index in [4.69, 9.17) is 14.6 Å². The Morgan fingerprint density at radius 3 is 1.62 bits per heavy atom. The molecule has 0 aromatic heterocycles. The standard InChI is InChI=1S/C20H36O4/c1-2-3-10-13-16-17(23-16)14-11-8-6-4-5-7-9-12-15-18-19(24-18)20(21)22/h16-19H,2-15H2,1H3,(H,21,22). The van der Waals surface area contributed by atoms with Crippen LogP contribution in [0.4, 0.5) is 0 Å². The van der Waals surface area contributed by atoms with Crippen molar-refractivity contribution in [3.8, 4) is 0 Å². The lowest BCUT2D eigenvalue weighted by molar-refractivity contribution is -0.138. The van der Waals surface area contributed by atoms with Crippen molar-refractivity contribution in [1.82, 2.24) is 0 Å². The number of unbranched alkanes of at least 4 members (excludes halogenated alkanes) is 9. The summed E-state index contributed by atoms with van der Waals surface area (Å²) in [5.41, 5.74) is 0. The smallest absolute Gasteiger partial charge is 0.335 e. The van der Waals surface area contributed by atoms with Gasteiger partial charge in [0.05, 0.1) is 18.3 Å². The molecular formula is C20H36O4. The predicted molar refractivity (Wildman–Crippen MR) is 95.3 cm³/mol. The third kappa shape index (κ3) is 7.98. The second-order valence-electron chi connectivity index (χ2n) is 7.55. The Morgan fingerprint density at radius 2 is 1.17 bits per heavy atom. The molecule has 2 fully saturated rings. The number of hydrogen-bond acceptors (Lipinski definition) is 3. The number of hydrogen-bond donors (Lipinski definition) is 1. The van der Waals surface area contributed by atoms with Gasteiger partial charge in [-0.1, -0.05) is 77.6 Å². The first-order chi connectivity index (χ1) is 11.7. The zero-order valence-corrected chi connectivity index (χ0v) is 15.4. The zero-order valence-electron chi connectivity index (χ0n) is 15.4. The summed E-state index contributed by atoms with van der Waals surface area (Å²) >= 11 is 0. The molecule has 0 aromatic rings. The number of carboxylic acid groups (broad SMARTS) is 1. The lowest BCUT2D eigenvalue weighted by atomic mass is 10.0. The molecule has 2 rings (SSSR count). The van der Waals surface area contributed by atoms with Crippen molar-refractivity contribution < 1.29 is 19.4 Å². The van der Waals surface area contributed by atoms with E-state index in [1.54, 1.807) is 0 Å². The molecule has 0 bridgehead atoms. The van der Waals surface area contributed by atoms with Gasteiger partial charge in [-0.05, 0) is 19.3 Å². The summed E-state index contributed by atoms with van der Waals surface area (Å²) in [6.07, 6.45) is 18.4. The zero-order chi connectivity index (χ0) is 17.2. The van der Waals surface area contributed by atoms with Gasteiger partial charge in [0, 0.05) is 0 Å². The Labute approximate surface area is 147 Å². The minimum absolute atomic E-state index is 0.00191. The molecule has 2 aliphatic heterocycles. The Hall–Kier alpha value is -0.610. The molecule has 140 valence electrons. The second kappa shape index (κ2) is 11.1. The number of rotatable bonds is 16. The number of carboxylic acids is 1. The lowest BCUT2D eigenvalue weighted by Gasteiger charge is -2.01.